The van der Waals surface area contributed by atoms with Crippen LogP contribution in [0.3, 0.4) is 0 Å². The van der Waals surface area contributed by atoms with E-state index in [4.69, 9.17) is 16.3 Å². The van der Waals surface area contributed by atoms with Gasteiger partial charge in [0.05, 0.1) is 19.3 Å². The van der Waals surface area contributed by atoms with Gasteiger partial charge in [0.1, 0.15) is 0 Å². The van der Waals surface area contributed by atoms with E-state index in [-0.39, 0.29) is 24.0 Å². The zero-order valence-corrected chi connectivity index (χ0v) is 17.8. The summed E-state index contributed by atoms with van der Waals surface area (Å²) >= 11 is 5.89. The Morgan fingerprint density at radius 3 is 2.68 bits per heavy atom. The molecule has 3 N–H and O–H groups in total. The molecule has 0 spiro atoms. The molecule has 5 nitrogen and oxygen atoms in total. The maximum Gasteiger partial charge on any atom is 0.191 e. The van der Waals surface area contributed by atoms with Crippen molar-refractivity contribution >= 4 is 41.5 Å². The summed E-state index contributed by atoms with van der Waals surface area (Å²) in [5.74, 6) is 1.43. The van der Waals surface area contributed by atoms with Gasteiger partial charge in [0.25, 0.3) is 0 Å². The molecule has 0 amide bonds. The first-order chi connectivity index (χ1) is 11.7. The van der Waals surface area contributed by atoms with E-state index in [0.717, 1.165) is 31.1 Å². The summed E-state index contributed by atoms with van der Waals surface area (Å²) in [6, 6.07) is 7.84. The lowest BCUT2D eigenvalue weighted by Gasteiger charge is -2.13. The van der Waals surface area contributed by atoms with E-state index in [0.29, 0.717) is 25.0 Å². The van der Waals surface area contributed by atoms with Gasteiger partial charge in [0.2, 0.25) is 0 Å². The third-order valence-electron chi connectivity index (χ3n) is 3.78. The van der Waals surface area contributed by atoms with Gasteiger partial charge < -0.3 is 20.5 Å². The van der Waals surface area contributed by atoms with Gasteiger partial charge in [-0.2, -0.15) is 0 Å². The second kappa shape index (κ2) is 12.7. The number of guanidine groups is 1. The minimum atomic E-state index is -0.560. The van der Waals surface area contributed by atoms with Gasteiger partial charge in [-0.3, -0.25) is 4.99 Å². The number of aliphatic imine (C=N–C) groups is 1. The Labute approximate surface area is 172 Å². The Bertz CT molecular complexity index is 510. The molecule has 0 radical (unpaired) electrons. The van der Waals surface area contributed by atoms with Crippen molar-refractivity contribution < 1.29 is 9.84 Å². The van der Waals surface area contributed by atoms with Crippen molar-refractivity contribution in [3.05, 3.63) is 34.9 Å². The molecule has 1 atom stereocenters. The van der Waals surface area contributed by atoms with Gasteiger partial charge in [0.15, 0.2) is 5.96 Å². The van der Waals surface area contributed by atoms with E-state index in [1.165, 1.54) is 18.4 Å². The fourth-order valence-electron chi connectivity index (χ4n) is 2.22. The summed E-state index contributed by atoms with van der Waals surface area (Å²) in [5.41, 5.74) is 1.22. The largest absolute Gasteiger partial charge is 0.389 e. The number of hydrogen-bond acceptors (Lipinski definition) is 3. The number of hydrogen-bond donors (Lipinski definition) is 3. The smallest absolute Gasteiger partial charge is 0.191 e. The Morgan fingerprint density at radius 2 is 2.04 bits per heavy atom. The molecule has 1 unspecified atom stereocenters. The Morgan fingerprint density at radius 1 is 1.32 bits per heavy atom. The maximum absolute atomic E-state index is 9.93. The highest BCUT2D eigenvalue weighted by atomic mass is 127. The van der Waals surface area contributed by atoms with Crippen molar-refractivity contribution in [1.29, 1.82) is 0 Å². The van der Waals surface area contributed by atoms with Crippen LogP contribution in [0.4, 0.5) is 0 Å². The van der Waals surface area contributed by atoms with Gasteiger partial charge in [-0.15, -0.1) is 24.0 Å². The predicted molar refractivity (Wildman–Crippen MR) is 114 cm³/mol. The normalized spacial score (nSPS) is 15.4. The summed E-state index contributed by atoms with van der Waals surface area (Å²) < 4.78 is 5.49. The average molecular weight is 482 g/mol. The molecule has 142 valence electrons. The maximum atomic E-state index is 9.93. The monoisotopic (exact) mass is 481 g/mol. The van der Waals surface area contributed by atoms with Gasteiger partial charge in [-0.25, -0.2) is 0 Å². The topological polar surface area (TPSA) is 65.9 Å². The minimum absolute atomic E-state index is 0. The molecule has 2 rings (SSSR count). The molecule has 1 saturated carbocycles. The molecule has 0 saturated heterocycles. The second-order valence-corrected chi connectivity index (χ2v) is 6.59. The quantitative estimate of drug-likeness (QED) is 0.273. The molecule has 1 aromatic carbocycles. The molecule has 1 aromatic rings. The van der Waals surface area contributed by atoms with Crippen LogP contribution < -0.4 is 10.6 Å². The Hall–Kier alpha value is -0.570. The molecule has 0 aromatic heterocycles. The average Bonchev–Trinajstić information content (AvgIpc) is 3.39. The molecule has 25 heavy (non-hydrogen) atoms. The van der Waals surface area contributed by atoms with Crippen LogP contribution in [0, 0.1) is 5.92 Å². The van der Waals surface area contributed by atoms with E-state index < -0.39 is 6.10 Å². The van der Waals surface area contributed by atoms with Crippen LogP contribution in [-0.2, 0) is 11.2 Å². The third kappa shape index (κ3) is 10.2. The highest BCUT2D eigenvalue weighted by molar-refractivity contribution is 14.0. The van der Waals surface area contributed by atoms with Gasteiger partial charge in [-0.1, -0.05) is 23.7 Å². The fourth-order valence-corrected chi connectivity index (χ4v) is 2.35. The van der Waals surface area contributed by atoms with Crippen molar-refractivity contribution in [2.75, 3.05) is 32.8 Å². The van der Waals surface area contributed by atoms with E-state index in [2.05, 4.69) is 15.6 Å². The standard InChI is InChI=1S/C18H28ClN3O2.HI/c1-2-20-18(21-10-9-14-5-7-16(19)8-6-14)22-11-17(23)13-24-12-15-3-4-15;/h5-8,15,17,23H,2-4,9-13H2,1H3,(H2,20,21,22);1H. The molecule has 1 aliphatic carbocycles. The SMILES string of the molecule is CCNC(=NCC(O)COCC1CC1)NCCc1ccc(Cl)cc1.I. The molecule has 1 aliphatic rings. The van der Waals surface area contributed by atoms with Gasteiger partial charge in [0, 0.05) is 24.7 Å². The summed E-state index contributed by atoms with van der Waals surface area (Å²) in [6.07, 6.45) is 2.84. The van der Waals surface area contributed by atoms with E-state index in [1.54, 1.807) is 0 Å². The second-order valence-electron chi connectivity index (χ2n) is 6.16. The number of aliphatic hydroxyl groups is 1. The summed E-state index contributed by atoms with van der Waals surface area (Å²) in [4.78, 5) is 4.42. The zero-order chi connectivity index (χ0) is 17.2. The number of nitrogens with zero attached hydrogens (tertiary/aromatic N) is 1. The van der Waals surface area contributed by atoms with Crippen LogP contribution in [0.25, 0.3) is 0 Å². The van der Waals surface area contributed by atoms with Crippen molar-refractivity contribution in [3.63, 3.8) is 0 Å². The first-order valence-electron chi connectivity index (χ1n) is 8.69. The number of aliphatic hydroxyl groups excluding tert-OH is 1. The first-order valence-corrected chi connectivity index (χ1v) is 9.07. The van der Waals surface area contributed by atoms with Crippen LogP contribution in [0.2, 0.25) is 5.02 Å². The van der Waals surface area contributed by atoms with Crippen molar-refractivity contribution in [1.82, 2.24) is 10.6 Å². The van der Waals surface area contributed by atoms with Gasteiger partial charge in [-0.05, 0) is 49.8 Å². The van der Waals surface area contributed by atoms with Crippen molar-refractivity contribution in [2.45, 2.75) is 32.3 Å². The summed E-state index contributed by atoms with van der Waals surface area (Å²) in [6.45, 7) is 5.01. The molecule has 0 heterocycles. The van der Waals surface area contributed by atoms with Crippen molar-refractivity contribution in [3.8, 4) is 0 Å². The Balaban J connectivity index is 0.00000312. The molecule has 0 bridgehead atoms. The summed E-state index contributed by atoms with van der Waals surface area (Å²) in [7, 11) is 0. The number of nitrogens with one attached hydrogen (secondary N) is 2. The lowest BCUT2D eigenvalue weighted by molar-refractivity contribution is 0.0368. The minimum Gasteiger partial charge on any atom is -0.389 e. The molecule has 7 heteroatoms. The van der Waals surface area contributed by atoms with Crippen LogP contribution >= 0.6 is 35.6 Å². The number of halogens is 2. The highest BCUT2D eigenvalue weighted by Crippen LogP contribution is 2.28. The Kier molecular flexibility index (Phi) is 11.4. The number of rotatable bonds is 10. The zero-order valence-electron chi connectivity index (χ0n) is 14.7. The molecule has 0 aliphatic heterocycles. The highest BCUT2D eigenvalue weighted by Gasteiger charge is 2.21. The number of benzene rings is 1. The molecular weight excluding hydrogens is 453 g/mol. The third-order valence-corrected chi connectivity index (χ3v) is 4.04. The van der Waals surface area contributed by atoms with Gasteiger partial charge >= 0.3 is 0 Å². The fraction of sp³-hybridized carbons (Fsp3) is 0.611. The van der Waals surface area contributed by atoms with Crippen LogP contribution in [-0.4, -0.2) is 50.0 Å². The van der Waals surface area contributed by atoms with E-state index >= 15 is 0 Å². The molecule has 1 fully saturated rings. The molecular formula is C18H29ClIN3O2. The van der Waals surface area contributed by atoms with E-state index in [1.807, 2.05) is 31.2 Å². The first kappa shape index (κ1) is 22.5. The predicted octanol–water partition coefficient (Wildman–Crippen LogP) is 2.84. The van der Waals surface area contributed by atoms with E-state index in [9.17, 15) is 5.11 Å². The lowest BCUT2D eigenvalue weighted by atomic mass is 10.1. The van der Waals surface area contributed by atoms with Crippen LogP contribution in [0.5, 0.6) is 0 Å². The van der Waals surface area contributed by atoms with Crippen LogP contribution in [0.1, 0.15) is 25.3 Å². The number of ether oxygens (including phenoxy) is 1. The van der Waals surface area contributed by atoms with Crippen molar-refractivity contribution in [2.24, 2.45) is 10.9 Å². The van der Waals surface area contributed by atoms with Crippen LogP contribution in [0.15, 0.2) is 29.3 Å². The summed E-state index contributed by atoms with van der Waals surface area (Å²) in [5, 5.41) is 17.1. The lowest BCUT2D eigenvalue weighted by Crippen LogP contribution is -2.39.